The van der Waals surface area contributed by atoms with Crippen LogP contribution in [0.5, 0.6) is 17.2 Å². The number of methoxy groups -OCH3 is 1. The van der Waals surface area contributed by atoms with Crippen molar-refractivity contribution >= 4 is 39.7 Å². The number of fused-ring (bicyclic) bond motifs is 2. The fourth-order valence-corrected chi connectivity index (χ4v) is 3.08. The standard InChI is InChI=1S/C20H23N5O3.BrH/c1-25-16-6-5-14(26-2)11-15(16)24-19(25)12-22-20(21)23-13-4-7-17-18(10-13)28-9-3-8-27-17;/h4-7,10-11H,3,8-9,12H2,1-2H3,(H3,21,22,23);1H. The van der Waals surface area contributed by atoms with E-state index >= 15 is 0 Å². The topological polar surface area (TPSA) is 95.9 Å². The molecule has 0 fully saturated rings. The molecule has 3 N–H and O–H groups in total. The highest BCUT2D eigenvalue weighted by Crippen LogP contribution is 2.32. The Morgan fingerprint density at radius 1 is 1.21 bits per heavy atom. The average molecular weight is 462 g/mol. The lowest BCUT2D eigenvalue weighted by molar-refractivity contribution is 0.297. The Balaban J connectivity index is 0.00000240. The number of nitrogens with zero attached hydrogens (tertiary/aromatic N) is 3. The highest BCUT2D eigenvalue weighted by atomic mass is 79.9. The molecule has 0 spiro atoms. The third kappa shape index (κ3) is 4.56. The van der Waals surface area contributed by atoms with Gasteiger partial charge in [0.2, 0.25) is 0 Å². The van der Waals surface area contributed by atoms with E-state index in [-0.39, 0.29) is 17.0 Å². The number of anilines is 1. The SMILES string of the molecule is Br.COc1ccc2c(c1)nc(CN=C(N)Nc1ccc3c(c1)OCCCO3)n2C. The summed E-state index contributed by atoms with van der Waals surface area (Å²) in [5.74, 6) is 3.34. The first-order chi connectivity index (χ1) is 13.6. The Kier molecular flexibility index (Phi) is 6.48. The van der Waals surface area contributed by atoms with Crippen LogP contribution in [0.3, 0.4) is 0 Å². The summed E-state index contributed by atoms with van der Waals surface area (Å²) >= 11 is 0. The highest BCUT2D eigenvalue weighted by Gasteiger charge is 2.11. The zero-order valence-corrected chi connectivity index (χ0v) is 18.1. The van der Waals surface area contributed by atoms with E-state index in [1.807, 2.05) is 48.0 Å². The van der Waals surface area contributed by atoms with Crippen LogP contribution >= 0.6 is 17.0 Å². The van der Waals surface area contributed by atoms with E-state index in [2.05, 4.69) is 15.3 Å². The van der Waals surface area contributed by atoms with Crippen LogP contribution in [0.1, 0.15) is 12.2 Å². The Hall–Kier alpha value is -2.94. The molecule has 0 amide bonds. The molecule has 0 saturated carbocycles. The minimum atomic E-state index is 0. The zero-order chi connectivity index (χ0) is 19.5. The molecule has 0 aliphatic carbocycles. The minimum absolute atomic E-state index is 0. The lowest BCUT2D eigenvalue weighted by Crippen LogP contribution is -2.22. The molecule has 2 heterocycles. The van der Waals surface area contributed by atoms with Crippen molar-refractivity contribution in [2.45, 2.75) is 13.0 Å². The van der Waals surface area contributed by atoms with Crippen LogP contribution in [0.25, 0.3) is 11.0 Å². The van der Waals surface area contributed by atoms with Crippen molar-refractivity contribution in [3.8, 4) is 17.2 Å². The average Bonchev–Trinajstić information content (AvgIpc) is 2.86. The van der Waals surface area contributed by atoms with Gasteiger partial charge in [-0.3, -0.25) is 0 Å². The maximum Gasteiger partial charge on any atom is 0.193 e. The molecule has 0 bridgehead atoms. The molecule has 2 aromatic carbocycles. The number of aromatic nitrogens is 2. The number of aryl methyl sites for hydroxylation is 1. The summed E-state index contributed by atoms with van der Waals surface area (Å²) in [6.45, 7) is 1.65. The van der Waals surface area contributed by atoms with E-state index in [4.69, 9.17) is 19.9 Å². The number of aliphatic imine (C=N–C) groups is 1. The predicted molar refractivity (Wildman–Crippen MR) is 119 cm³/mol. The van der Waals surface area contributed by atoms with Crippen LogP contribution in [-0.4, -0.2) is 35.8 Å². The first-order valence-electron chi connectivity index (χ1n) is 9.10. The Morgan fingerprint density at radius 3 is 2.79 bits per heavy atom. The van der Waals surface area contributed by atoms with E-state index in [1.54, 1.807) is 7.11 Å². The highest BCUT2D eigenvalue weighted by molar-refractivity contribution is 8.93. The van der Waals surface area contributed by atoms with Gasteiger partial charge in [0, 0.05) is 31.3 Å². The number of benzene rings is 2. The molecule has 9 heteroatoms. The lowest BCUT2D eigenvalue weighted by atomic mass is 10.3. The maximum absolute atomic E-state index is 6.06. The van der Waals surface area contributed by atoms with E-state index in [1.165, 1.54) is 0 Å². The van der Waals surface area contributed by atoms with Crippen LogP contribution < -0.4 is 25.3 Å². The largest absolute Gasteiger partial charge is 0.497 e. The zero-order valence-electron chi connectivity index (χ0n) is 16.3. The molecule has 29 heavy (non-hydrogen) atoms. The number of hydrogen-bond donors (Lipinski definition) is 2. The summed E-state index contributed by atoms with van der Waals surface area (Å²) in [5, 5.41) is 3.09. The van der Waals surface area contributed by atoms with Crippen molar-refractivity contribution in [2.24, 2.45) is 17.8 Å². The van der Waals surface area contributed by atoms with Crippen LogP contribution in [0.4, 0.5) is 5.69 Å². The fraction of sp³-hybridized carbons (Fsp3) is 0.300. The van der Waals surface area contributed by atoms with E-state index in [0.717, 1.165) is 40.5 Å². The van der Waals surface area contributed by atoms with Gasteiger partial charge in [-0.05, 0) is 24.3 Å². The van der Waals surface area contributed by atoms with Gasteiger partial charge in [0.05, 0.1) is 31.4 Å². The van der Waals surface area contributed by atoms with Crippen molar-refractivity contribution < 1.29 is 14.2 Å². The summed E-state index contributed by atoms with van der Waals surface area (Å²) in [7, 11) is 3.60. The van der Waals surface area contributed by atoms with Gasteiger partial charge in [-0.1, -0.05) is 0 Å². The van der Waals surface area contributed by atoms with Gasteiger partial charge >= 0.3 is 0 Å². The summed E-state index contributed by atoms with van der Waals surface area (Å²) in [5.41, 5.74) is 8.73. The van der Waals surface area contributed by atoms with Crippen molar-refractivity contribution in [3.63, 3.8) is 0 Å². The quantitative estimate of drug-likeness (QED) is 0.457. The second-order valence-corrected chi connectivity index (χ2v) is 6.48. The molecule has 0 atom stereocenters. The molecular formula is C20H24BrN5O3. The minimum Gasteiger partial charge on any atom is -0.497 e. The summed E-state index contributed by atoms with van der Waals surface area (Å²) < 4.78 is 18.6. The molecule has 4 rings (SSSR count). The first-order valence-corrected chi connectivity index (χ1v) is 9.10. The molecule has 3 aromatic rings. The first kappa shape index (κ1) is 20.8. The van der Waals surface area contributed by atoms with E-state index < -0.39 is 0 Å². The third-order valence-electron chi connectivity index (χ3n) is 4.59. The fourth-order valence-electron chi connectivity index (χ4n) is 3.08. The predicted octanol–water partition coefficient (Wildman–Crippen LogP) is 3.25. The molecule has 1 aromatic heterocycles. The maximum atomic E-state index is 6.06. The van der Waals surface area contributed by atoms with Gasteiger partial charge in [0.1, 0.15) is 18.1 Å². The van der Waals surface area contributed by atoms with Gasteiger partial charge in [0.25, 0.3) is 0 Å². The van der Waals surface area contributed by atoms with Crippen LogP contribution in [0.2, 0.25) is 0 Å². The molecule has 1 aliphatic heterocycles. The summed E-state index contributed by atoms with van der Waals surface area (Å²) in [6.07, 6.45) is 0.866. The molecule has 0 unspecified atom stereocenters. The number of rotatable bonds is 4. The molecule has 1 aliphatic rings. The molecule has 154 valence electrons. The van der Waals surface area contributed by atoms with Crippen LogP contribution in [0, 0.1) is 0 Å². The Morgan fingerprint density at radius 2 is 2.00 bits per heavy atom. The number of guanidine groups is 1. The van der Waals surface area contributed by atoms with Crippen molar-refractivity contribution in [1.82, 2.24) is 9.55 Å². The second kappa shape index (κ2) is 9.04. The number of imidazole rings is 1. The smallest absolute Gasteiger partial charge is 0.193 e. The monoisotopic (exact) mass is 461 g/mol. The normalized spacial score (nSPS) is 13.5. The summed E-state index contributed by atoms with van der Waals surface area (Å²) in [4.78, 5) is 9.04. The number of nitrogens with one attached hydrogen (secondary N) is 1. The van der Waals surface area contributed by atoms with E-state index in [0.29, 0.717) is 31.5 Å². The molecule has 0 saturated heterocycles. The number of ether oxygens (including phenoxy) is 3. The van der Waals surface area contributed by atoms with Gasteiger partial charge in [-0.15, -0.1) is 17.0 Å². The van der Waals surface area contributed by atoms with Crippen molar-refractivity contribution in [2.75, 3.05) is 25.6 Å². The molecule has 8 nitrogen and oxygen atoms in total. The van der Waals surface area contributed by atoms with Gasteiger partial charge < -0.3 is 29.8 Å². The van der Waals surface area contributed by atoms with Gasteiger partial charge in [-0.25, -0.2) is 9.98 Å². The third-order valence-corrected chi connectivity index (χ3v) is 4.59. The van der Waals surface area contributed by atoms with Gasteiger partial charge in [-0.2, -0.15) is 0 Å². The molecular weight excluding hydrogens is 438 g/mol. The Labute approximate surface area is 179 Å². The lowest BCUT2D eigenvalue weighted by Gasteiger charge is -2.10. The van der Waals surface area contributed by atoms with E-state index in [9.17, 15) is 0 Å². The molecule has 0 radical (unpaired) electrons. The second-order valence-electron chi connectivity index (χ2n) is 6.48. The van der Waals surface area contributed by atoms with Crippen LogP contribution in [-0.2, 0) is 13.6 Å². The summed E-state index contributed by atoms with van der Waals surface area (Å²) in [6, 6.07) is 11.4. The van der Waals surface area contributed by atoms with Crippen molar-refractivity contribution in [1.29, 1.82) is 0 Å². The van der Waals surface area contributed by atoms with Gasteiger partial charge in [0.15, 0.2) is 17.5 Å². The van der Waals surface area contributed by atoms with Crippen molar-refractivity contribution in [3.05, 3.63) is 42.2 Å². The Bertz CT molecular complexity index is 1030. The van der Waals surface area contributed by atoms with Crippen LogP contribution in [0.15, 0.2) is 41.4 Å². The number of halogens is 1. The number of hydrogen-bond acceptors (Lipinski definition) is 5. The number of nitrogens with two attached hydrogens (primary N) is 1.